The Morgan fingerprint density at radius 2 is 2.05 bits per heavy atom. The van der Waals surface area contributed by atoms with Crippen molar-refractivity contribution >= 4 is 40.7 Å². The lowest BCUT2D eigenvalue weighted by atomic mass is 10.3. The highest BCUT2D eigenvalue weighted by Crippen LogP contribution is 2.24. The van der Waals surface area contributed by atoms with Crippen molar-refractivity contribution in [2.45, 2.75) is 4.90 Å². The molecule has 0 aliphatic rings. The van der Waals surface area contributed by atoms with Crippen LogP contribution in [0.5, 0.6) is 0 Å². The molecule has 0 spiro atoms. The monoisotopic (exact) mass is 307 g/mol. The molecule has 0 aliphatic carbocycles. The lowest BCUT2D eigenvalue weighted by Crippen LogP contribution is -2.20. The van der Waals surface area contributed by atoms with Crippen molar-refractivity contribution in [3.05, 3.63) is 46.7 Å². The van der Waals surface area contributed by atoms with E-state index in [-0.39, 0.29) is 12.5 Å². The second-order valence-corrected chi connectivity index (χ2v) is 5.60. The van der Waals surface area contributed by atoms with Crippen molar-refractivity contribution in [1.29, 1.82) is 0 Å². The summed E-state index contributed by atoms with van der Waals surface area (Å²) in [5, 5.41) is 4.51. The van der Waals surface area contributed by atoms with Crippen molar-refractivity contribution in [1.82, 2.24) is 0 Å². The number of amides is 1. The number of esters is 1. The Morgan fingerprint density at radius 3 is 2.75 bits per heavy atom. The molecule has 6 heteroatoms. The molecule has 1 heterocycles. The molecule has 2 rings (SSSR count). The normalized spacial score (nSPS) is 10.1. The summed E-state index contributed by atoms with van der Waals surface area (Å²) in [7, 11) is 0. The Balaban J connectivity index is 1.88. The van der Waals surface area contributed by atoms with Crippen LogP contribution in [0, 0.1) is 0 Å². The van der Waals surface area contributed by atoms with Gasteiger partial charge in [-0.1, -0.05) is 18.2 Å². The number of thiophene rings is 1. The highest BCUT2D eigenvalue weighted by Gasteiger charge is 2.11. The third-order valence-electron chi connectivity index (χ3n) is 2.44. The van der Waals surface area contributed by atoms with Gasteiger partial charge in [0.15, 0.2) is 6.61 Å². The molecule has 0 bridgehead atoms. The Bertz CT molecular complexity index is 596. The van der Waals surface area contributed by atoms with Crippen LogP contribution in [0.4, 0.5) is 5.69 Å². The fraction of sp³-hybridized carbons (Fsp3) is 0.143. The maximum Gasteiger partial charge on any atom is 0.348 e. The molecule has 2 aromatic rings. The molecule has 0 unspecified atom stereocenters. The maximum atomic E-state index is 11.8. The molecule has 1 aromatic heterocycles. The van der Waals surface area contributed by atoms with Gasteiger partial charge < -0.3 is 10.1 Å². The second kappa shape index (κ2) is 7.12. The molecule has 1 N–H and O–H groups in total. The van der Waals surface area contributed by atoms with Gasteiger partial charge in [0, 0.05) is 4.90 Å². The van der Waals surface area contributed by atoms with Gasteiger partial charge in [0.1, 0.15) is 4.88 Å². The van der Waals surface area contributed by atoms with Gasteiger partial charge >= 0.3 is 5.97 Å². The molecule has 0 radical (unpaired) electrons. The first-order chi connectivity index (χ1) is 9.70. The second-order valence-electron chi connectivity index (χ2n) is 3.80. The maximum absolute atomic E-state index is 11.8. The van der Waals surface area contributed by atoms with E-state index >= 15 is 0 Å². The highest BCUT2D eigenvalue weighted by atomic mass is 32.2. The van der Waals surface area contributed by atoms with E-state index in [1.807, 2.05) is 30.5 Å². The number of carbonyl (C=O) groups excluding carboxylic acids is 2. The summed E-state index contributed by atoms with van der Waals surface area (Å²) in [5.74, 6) is -0.829. The molecule has 20 heavy (non-hydrogen) atoms. The van der Waals surface area contributed by atoms with Crippen LogP contribution in [0.25, 0.3) is 0 Å². The van der Waals surface area contributed by atoms with Gasteiger partial charge in [-0.15, -0.1) is 23.1 Å². The SMILES string of the molecule is CSc1ccccc1NC(=O)COC(=O)c1cccs1. The zero-order valence-electron chi connectivity index (χ0n) is 10.8. The van der Waals surface area contributed by atoms with E-state index in [4.69, 9.17) is 4.74 Å². The van der Waals surface area contributed by atoms with E-state index in [9.17, 15) is 9.59 Å². The first-order valence-corrected chi connectivity index (χ1v) is 7.94. The fourth-order valence-corrected chi connectivity index (χ4v) is 2.70. The van der Waals surface area contributed by atoms with Gasteiger partial charge in [-0.2, -0.15) is 0 Å². The van der Waals surface area contributed by atoms with Gasteiger partial charge in [-0.25, -0.2) is 4.79 Å². The molecule has 0 saturated carbocycles. The summed E-state index contributed by atoms with van der Waals surface area (Å²) < 4.78 is 4.95. The van der Waals surface area contributed by atoms with Crippen molar-refractivity contribution in [3.8, 4) is 0 Å². The number of nitrogens with one attached hydrogen (secondary N) is 1. The molecular weight excluding hydrogens is 294 g/mol. The number of hydrogen-bond acceptors (Lipinski definition) is 5. The van der Waals surface area contributed by atoms with Crippen LogP contribution >= 0.6 is 23.1 Å². The number of hydrogen-bond donors (Lipinski definition) is 1. The molecular formula is C14H13NO3S2. The molecule has 1 amide bonds. The largest absolute Gasteiger partial charge is 0.451 e. The van der Waals surface area contributed by atoms with E-state index in [1.54, 1.807) is 17.5 Å². The van der Waals surface area contributed by atoms with Crippen LogP contribution in [0.1, 0.15) is 9.67 Å². The molecule has 0 saturated heterocycles. The number of anilines is 1. The average molecular weight is 307 g/mol. The van der Waals surface area contributed by atoms with Gasteiger partial charge in [0.25, 0.3) is 5.91 Å². The Kier molecular flexibility index (Phi) is 5.20. The van der Waals surface area contributed by atoms with Crippen molar-refractivity contribution < 1.29 is 14.3 Å². The van der Waals surface area contributed by atoms with E-state index in [0.717, 1.165) is 10.6 Å². The topological polar surface area (TPSA) is 55.4 Å². The minimum atomic E-state index is -0.478. The van der Waals surface area contributed by atoms with Gasteiger partial charge in [-0.05, 0) is 29.8 Å². The summed E-state index contributed by atoms with van der Waals surface area (Å²) >= 11 is 2.82. The summed E-state index contributed by atoms with van der Waals surface area (Å²) in [5.41, 5.74) is 0.720. The zero-order chi connectivity index (χ0) is 14.4. The quantitative estimate of drug-likeness (QED) is 0.680. The van der Waals surface area contributed by atoms with E-state index in [0.29, 0.717) is 4.88 Å². The average Bonchev–Trinajstić information content (AvgIpc) is 2.99. The zero-order valence-corrected chi connectivity index (χ0v) is 12.4. The Morgan fingerprint density at radius 1 is 1.25 bits per heavy atom. The summed E-state index contributed by atoms with van der Waals surface area (Å²) in [6, 6.07) is 10.9. The standard InChI is InChI=1S/C14H13NO3S2/c1-19-11-6-3-2-5-10(11)15-13(16)9-18-14(17)12-7-4-8-20-12/h2-8H,9H2,1H3,(H,15,16). The number of thioether (sulfide) groups is 1. The van der Waals surface area contributed by atoms with Crippen molar-refractivity contribution in [2.75, 3.05) is 18.2 Å². The van der Waals surface area contributed by atoms with Crippen LogP contribution in [0.15, 0.2) is 46.7 Å². The number of para-hydroxylation sites is 1. The van der Waals surface area contributed by atoms with Gasteiger partial charge in [0.05, 0.1) is 5.69 Å². The number of benzene rings is 1. The Hall–Kier alpha value is -1.79. The lowest BCUT2D eigenvalue weighted by molar-refractivity contribution is -0.119. The highest BCUT2D eigenvalue weighted by molar-refractivity contribution is 7.98. The van der Waals surface area contributed by atoms with Crippen LogP contribution in [-0.4, -0.2) is 24.7 Å². The van der Waals surface area contributed by atoms with E-state index in [2.05, 4.69) is 5.32 Å². The van der Waals surface area contributed by atoms with Crippen LogP contribution < -0.4 is 5.32 Å². The van der Waals surface area contributed by atoms with E-state index < -0.39 is 5.97 Å². The van der Waals surface area contributed by atoms with Crippen LogP contribution in [0.3, 0.4) is 0 Å². The van der Waals surface area contributed by atoms with Gasteiger partial charge in [-0.3, -0.25) is 4.79 Å². The Labute approximate surface area is 125 Å². The van der Waals surface area contributed by atoms with Crippen molar-refractivity contribution in [2.24, 2.45) is 0 Å². The number of rotatable bonds is 5. The summed E-state index contributed by atoms with van der Waals surface area (Å²) in [6.07, 6.45) is 1.93. The minimum absolute atomic E-state index is 0.292. The molecule has 0 fully saturated rings. The molecule has 0 atom stereocenters. The molecule has 0 aliphatic heterocycles. The predicted molar refractivity (Wildman–Crippen MR) is 81.5 cm³/mol. The third kappa shape index (κ3) is 3.85. The summed E-state index contributed by atoms with van der Waals surface area (Å²) in [6.45, 7) is -0.292. The van der Waals surface area contributed by atoms with E-state index in [1.165, 1.54) is 23.1 Å². The van der Waals surface area contributed by atoms with Crippen molar-refractivity contribution in [3.63, 3.8) is 0 Å². The molecule has 104 valence electrons. The molecule has 4 nitrogen and oxygen atoms in total. The third-order valence-corrected chi connectivity index (χ3v) is 4.08. The predicted octanol–water partition coefficient (Wildman–Crippen LogP) is 3.27. The number of ether oxygens (including phenoxy) is 1. The number of carbonyl (C=O) groups is 2. The first-order valence-electron chi connectivity index (χ1n) is 5.84. The lowest BCUT2D eigenvalue weighted by Gasteiger charge is -2.09. The summed E-state index contributed by atoms with van der Waals surface area (Å²) in [4.78, 5) is 24.8. The first kappa shape index (κ1) is 14.6. The smallest absolute Gasteiger partial charge is 0.348 e. The van der Waals surface area contributed by atoms with Gasteiger partial charge in [0.2, 0.25) is 0 Å². The van der Waals surface area contributed by atoms with Crippen LogP contribution in [0.2, 0.25) is 0 Å². The van der Waals surface area contributed by atoms with Crippen LogP contribution in [-0.2, 0) is 9.53 Å². The fourth-order valence-electron chi connectivity index (χ4n) is 1.53. The minimum Gasteiger partial charge on any atom is -0.451 e. The molecule has 1 aromatic carbocycles.